The fourth-order valence-electron chi connectivity index (χ4n) is 2.72. The van der Waals surface area contributed by atoms with Gasteiger partial charge in [-0.1, -0.05) is 5.16 Å². The van der Waals surface area contributed by atoms with Gasteiger partial charge >= 0.3 is 0 Å². The summed E-state index contributed by atoms with van der Waals surface area (Å²) in [4.78, 5) is 8.87. The third-order valence-corrected chi connectivity index (χ3v) is 4.98. The molecule has 1 saturated heterocycles. The zero-order valence-corrected chi connectivity index (χ0v) is 16.6. The van der Waals surface area contributed by atoms with Crippen LogP contribution < -0.4 is 5.32 Å². The van der Waals surface area contributed by atoms with Crippen LogP contribution in [0.5, 0.6) is 0 Å². The van der Waals surface area contributed by atoms with Crippen molar-refractivity contribution in [3.05, 3.63) is 17.5 Å². The van der Waals surface area contributed by atoms with Crippen molar-refractivity contribution >= 4 is 15.8 Å². The zero-order chi connectivity index (χ0) is 19.0. The van der Waals surface area contributed by atoms with E-state index in [0.717, 1.165) is 50.1 Å². The highest BCUT2D eigenvalue weighted by molar-refractivity contribution is 7.90. The summed E-state index contributed by atoms with van der Waals surface area (Å²) in [5, 5.41) is 7.30. The quantitative estimate of drug-likeness (QED) is 0.370. The highest BCUT2D eigenvalue weighted by Gasteiger charge is 2.20. The predicted octanol–water partition coefficient (Wildman–Crippen LogP) is -0.263. The Balaban J connectivity index is 1.64. The van der Waals surface area contributed by atoms with Gasteiger partial charge in [0.1, 0.15) is 15.6 Å². The zero-order valence-electron chi connectivity index (χ0n) is 15.8. The summed E-state index contributed by atoms with van der Waals surface area (Å²) in [6.45, 7) is 7.57. The minimum absolute atomic E-state index is 0.0503. The number of aliphatic imine (C=N–C) groups is 1. The van der Waals surface area contributed by atoms with E-state index in [1.807, 2.05) is 13.0 Å². The van der Waals surface area contributed by atoms with Gasteiger partial charge < -0.3 is 19.5 Å². The first-order valence-electron chi connectivity index (χ1n) is 8.73. The number of ether oxygens (including phenoxy) is 1. The summed E-state index contributed by atoms with van der Waals surface area (Å²) in [7, 11) is -1.21. The Bertz CT molecular complexity index is 681. The van der Waals surface area contributed by atoms with Crippen LogP contribution in [0, 0.1) is 6.92 Å². The van der Waals surface area contributed by atoms with Crippen molar-refractivity contribution in [2.75, 3.05) is 65.0 Å². The number of sulfone groups is 1. The molecule has 0 unspecified atom stereocenters. The van der Waals surface area contributed by atoms with E-state index in [2.05, 4.69) is 25.3 Å². The summed E-state index contributed by atoms with van der Waals surface area (Å²) in [6, 6.07) is 1.97. The molecule has 9 nitrogen and oxygen atoms in total. The van der Waals surface area contributed by atoms with Gasteiger partial charge in [0.2, 0.25) is 0 Å². The maximum absolute atomic E-state index is 11.0. The van der Waals surface area contributed by atoms with E-state index in [-0.39, 0.29) is 12.4 Å². The average molecular weight is 388 g/mol. The average Bonchev–Trinajstić information content (AvgIpc) is 2.99. The lowest BCUT2D eigenvalue weighted by Crippen LogP contribution is -2.52. The maximum atomic E-state index is 11.0. The van der Waals surface area contributed by atoms with E-state index in [1.165, 1.54) is 6.26 Å². The smallest absolute Gasteiger partial charge is 0.193 e. The molecule has 10 heteroatoms. The number of guanidine groups is 1. The van der Waals surface area contributed by atoms with Crippen molar-refractivity contribution in [3.8, 4) is 0 Å². The molecule has 1 aliphatic heterocycles. The number of aromatic nitrogens is 1. The molecule has 0 atom stereocenters. The van der Waals surface area contributed by atoms with E-state index in [0.29, 0.717) is 13.2 Å². The number of nitrogens with one attached hydrogen (secondary N) is 1. The molecular weight excluding hydrogens is 358 g/mol. The normalized spacial score (nSPS) is 16.9. The summed E-state index contributed by atoms with van der Waals surface area (Å²) in [5.41, 5.74) is 0.963. The number of hydrogen-bond acceptors (Lipinski definition) is 7. The molecule has 0 radical (unpaired) electrons. The van der Waals surface area contributed by atoms with E-state index < -0.39 is 9.84 Å². The minimum Gasteiger partial charge on any atom is -0.379 e. The Hall–Kier alpha value is -1.65. The number of piperazine rings is 1. The maximum Gasteiger partial charge on any atom is 0.193 e. The molecule has 1 N–H and O–H groups in total. The molecule has 0 aromatic carbocycles. The van der Waals surface area contributed by atoms with Crippen LogP contribution in [0.2, 0.25) is 0 Å². The van der Waals surface area contributed by atoms with Crippen LogP contribution in [0.3, 0.4) is 0 Å². The molecule has 2 heterocycles. The second-order valence-electron chi connectivity index (χ2n) is 6.41. The molecule has 1 aromatic rings. The van der Waals surface area contributed by atoms with E-state index in [9.17, 15) is 8.42 Å². The van der Waals surface area contributed by atoms with Crippen LogP contribution >= 0.6 is 0 Å². The Morgan fingerprint density at radius 1 is 1.35 bits per heavy atom. The Morgan fingerprint density at radius 3 is 2.65 bits per heavy atom. The van der Waals surface area contributed by atoms with Crippen LogP contribution in [-0.2, 0) is 21.1 Å². The summed E-state index contributed by atoms with van der Waals surface area (Å²) >= 11 is 0. The first kappa shape index (κ1) is 20.7. The van der Waals surface area contributed by atoms with Crippen molar-refractivity contribution in [2.24, 2.45) is 4.99 Å². The molecule has 1 fully saturated rings. The summed E-state index contributed by atoms with van der Waals surface area (Å²) < 4.78 is 32.5. The van der Waals surface area contributed by atoms with Crippen LogP contribution in [0.25, 0.3) is 0 Å². The Morgan fingerprint density at radius 2 is 2.08 bits per heavy atom. The molecular formula is C16H29N5O4S. The van der Waals surface area contributed by atoms with Gasteiger partial charge in [-0.15, -0.1) is 0 Å². The SMILES string of the molecule is CN=C(NCCOCCS(C)(=O)=O)N1CCN(Cc2cc(C)on2)CC1. The van der Waals surface area contributed by atoms with Crippen LogP contribution in [-0.4, -0.2) is 94.3 Å². The molecule has 0 spiro atoms. The molecule has 26 heavy (non-hydrogen) atoms. The van der Waals surface area contributed by atoms with Gasteiger partial charge in [-0.3, -0.25) is 9.89 Å². The molecule has 148 valence electrons. The van der Waals surface area contributed by atoms with Crippen molar-refractivity contribution in [1.82, 2.24) is 20.3 Å². The first-order valence-corrected chi connectivity index (χ1v) is 10.8. The van der Waals surface area contributed by atoms with Gasteiger partial charge in [-0.25, -0.2) is 8.42 Å². The number of aryl methyl sites for hydroxylation is 1. The lowest BCUT2D eigenvalue weighted by atomic mass is 10.3. The van der Waals surface area contributed by atoms with E-state index in [4.69, 9.17) is 9.26 Å². The highest BCUT2D eigenvalue weighted by Crippen LogP contribution is 2.09. The largest absolute Gasteiger partial charge is 0.379 e. The predicted molar refractivity (Wildman–Crippen MR) is 100.0 cm³/mol. The van der Waals surface area contributed by atoms with Gasteiger partial charge in [-0.2, -0.15) is 0 Å². The lowest BCUT2D eigenvalue weighted by molar-refractivity contribution is 0.149. The highest BCUT2D eigenvalue weighted by atomic mass is 32.2. The Labute approximate surface area is 155 Å². The van der Waals surface area contributed by atoms with Crippen molar-refractivity contribution in [2.45, 2.75) is 13.5 Å². The molecule has 2 rings (SSSR count). The minimum atomic E-state index is -2.97. The van der Waals surface area contributed by atoms with Gasteiger partial charge in [0.15, 0.2) is 5.96 Å². The van der Waals surface area contributed by atoms with Crippen molar-refractivity contribution < 1.29 is 17.7 Å². The molecule has 1 aliphatic rings. The molecule has 0 aliphatic carbocycles. The van der Waals surface area contributed by atoms with Crippen LogP contribution in [0.4, 0.5) is 0 Å². The lowest BCUT2D eigenvalue weighted by Gasteiger charge is -2.36. The first-order chi connectivity index (χ1) is 12.4. The topological polar surface area (TPSA) is 100 Å². The summed E-state index contributed by atoms with van der Waals surface area (Å²) in [5.74, 6) is 1.73. The van der Waals surface area contributed by atoms with Crippen molar-refractivity contribution in [3.63, 3.8) is 0 Å². The summed E-state index contributed by atoms with van der Waals surface area (Å²) in [6.07, 6.45) is 1.21. The fraction of sp³-hybridized carbons (Fsp3) is 0.750. The molecule has 0 bridgehead atoms. The number of hydrogen-bond donors (Lipinski definition) is 1. The molecule has 0 amide bonds. The third kappa shape index (κ3) is 7.30. The van der Waals surface area contributed by atoms with Crippen molar-refractivity contribution in [1.29, 1.82) is 0 Å². The standard InChI is InChI=1S/C16H29N5O4S/c1-14-12-15(19-25-14)13-20-5-7-21(8-6-20)16(17-2)18-4-9-24-10-11-26(3,22)23/h12H,4-11,13H2,1-3H3,(H,17,18). The molecule has 0 saturated carbocycles. The number of rotatable bonds is 8. The Kier molecular flexibility index (Phi) is 7.85. The monoisotopic (exact) mass is 387 g/mol. The molecule has 1 aromatic heterocycles. The van der Waals surface area contributed by atoms with Crippen LogP contribution in [0.15, 0.2) is 15.6 Å². The number of nitrogens with zero attached hydrogens (tertiary/aromatic N) is 4. The second-order valence-corrected chi connectivity index (χ2v) is 8.67. The van der Waals surface area contributed by atoms with E-state index >= 15 is 0 Å². The second kappa shape index (κ2) is 9.89. The van der Waals surface area contributed by atoms with Gasteiger partial charge in [0.05, 0.1) is 24.7 Å². The van der Waals surface area contributed by atoms with Crippen LogP contribution in [0.1, 0.15) is 11.5 Å². The fourth-order valence-corrected chi connectivity index (χ4v) is 3.14. The van der Waals surface area contributed by atoms with Gasteiger partial charge in [0, 0.05) is 58.6 Å². The van der Waals surface area contributed by atoms with Gasteiger partial charge in [-0.05, 0) is 6.92 Å². The third-order valence-electron chi connectivity index (χ3n) is 4.07. The van der Waals surface area contributed by atoms with Gasteiger partial charge in [0.25, 0.3) is 0 Å². The van der Waals surface area contributed by atoms with E-state index in [1.54, 1.807) is 7.05 Å².